The van der Waals surface area contributed by atoms with Gasteiger partial charge in [0.15, 0.2) is 0 Å². The Hall–Kier alpha value is -2.37. The average Bonchev–Trinajstić information content (AvgIpc) is 3.36. The average molecular weight is 473 g/mol. The first-order valence-electron chi connectivity index (χ1n) is 10.9. The van der Waals surface area contributed by atoms with E-state index in [0.717, 1.165) is 63.6 Å². The molecule has 4 heterocycles. The number of methoxy groups -OCH3 is 1. The molecular weight excluding hydrogens is 443 g/mol. The molecule has 1 N–H and O–H groups in total. The fraction of sp³-hybridized carbons (Fsp3) is 0.636. The molecule has 0 amide bonds. The molecule has 0 aliphatic carbocycles. The van der Waals surface area contributed by atoms with Crippen molar-refractivity contribution in [1.82, 2.24) is 14.7 Å². The van der Waals surface area contributed by atoms with Crippen LogP contribution in [0.3, 0.4) is 0 Å². The summed E-state index contributed by atoms with van der Waals surface area (Å²) in [5.41, 5.74) is 2.69. The van der Waals surface area contributed by atoms with Crippen LogP contribution in [0.2, 0.25) is 0 Å². The van der Waals surface area contributed by atoms with E-state index in [1.54, 1.807) is 7.11 Å². The van der Waals surface area contributed by atoms with Crippen molar-refractivity contribution in [3.63, 3.8) is 0 Å². The number of carboxylic acid groups (broad SMARTS) is 1. The Balaban J connectivity index is 0.000000383. The number of hydrogen-bond acceptors (Lipinski definition) is 6. The van der Waals surface area contributed by atoms with E-state index in [4.69, 9.17) is 28.9 Å². The molecule has 0 radical (unpaired) electrons. The van der Waals surface area contributed by atoms with Gasteiger partial charge in [0.2, 0.25) is 0 Å². The Morgan fingerprint density at radius 1 is 1.30 bits per heavy atom. The molecule has 1 fully saturated rings. The van der Waals surface area contributed by atoms with Gasteiger partial charge in [0.25, 0.3) is 0 Å². The summed E-state index contributed by atoms with van der Waals surface area (Å²) >= 11 is 0. The van der Waals surface area contributed by atoms with Gasteiger partial charge >= 0.3 is 12.1 Å². The number of hydrogen-bond donors (Lipinski definition) is 1. The number of aromatic nitrogens is 2. The van der Waals surface area contributed by atoms with E-state index >= 15 is 0 Å². The molecule has 2 aliphatic rings. The lowest BCUT2D eigenvalue weighted by Gasteiger charge is -2.36. The van der Waals surface area contributed by atoms with Crippen molar-refractivity contribution in [2.24, 2.45) is 5.92 Å². The molecule has 2 aromatic heterocycles. The van der Waals surface area contributed by atoms with Gasteiger partial charge in [-0.05, 0) is 49.8 Å². The summed E-state index contributed by atoms with van der Waals surface area (Å²) in [4.78, 5) is 11.4. The van der Waals surface area contributed by atoms with Gasteiger partial charge in [-0.15, -0.1) is 0 Å². The number of carboxylic acids is 1. The van der Waals surface area contributed by atoms with Crippen molar-refractivity contribution >= 4 is 5.97 Å². The summed E-state index contributed by atoms with van der Waals surface area (Å²) in [6.45, 7) is 7.21. The van der Waals surface area contributed by atoms with E-state index in [2.05, 4.69) is 21.8 Å². The minimum atomic E-state index is -5.08. The normalized spacial score (nSPS) is 19.6. The van der Waals surface area contributed by atoms with Crippen LogP contribution in [0.5, 0.6) is 0 Å². The van der Waals surface area contributed by atoms with E-state index in [1.807, 2.05) is 13.0 Å². The molecule has 33 heavy (non-hydrogen) atoms. The SMILES string of the molecule is COCC1c2c(cnn2CC2CCOCC2)CCN1Cc1ccc(C)o1.O=C(O)C(F)(F)F. The lowest BCUT2D eigenvalue weighted by atomic mass is 9.97. The maximum absolute atomic E-state index is 10.6. The Morgan fingerprint density at radius 3 is 2.58 bits per heavy atom. The predicted octanol–water partition coefficient (Wildman–Crippen LogP) is 3.59. The van der Waals surface area contributed by atoms with Gasteiger partial charge in [-0.2, -0.15) is 18.3 Å². The number of ether oxygens (including phenoxy) is 2. The van der Waals surface area contributed by atoms with Crippen LogP contribution in [0.15, 0.2) is 22.7 Å². The summed E-state index contributed by atoms with van der Waals surface area (Å²) in [5, 5.41) is 11.9. The Bertz CT molecular complexity index is 905. The standard InChI is InChI=1S/C20H29N3O3.C2HF3O2/c1-15-3-4-18(26-15)13-22-8-5-17-11-21-23(20(17)19(22)14-24-2)12-16-6-9-25-10-7-16;3-2(4,5)1(6)7/h3-4,11,16,19H,5-10,12-14H2,1-2H3;(H,6,7). The Labute approximate surface area is 190 Å². The summed E-state index contributed by atoms with van der Waals surface area (Å²) in [5.74, 6) is -0.125. The summed E-state index contributed by atoms with van der Waals surface area (Å²) < 4.78 is 50.9. The molecule has 1 saturated heterocycles. The fourth-order valence-corrected chi connectivity index (χ4v) is 4.23. The highest BCUT2D eigenvalue weighted by molar-refractivity contribution is 5.73. The van der Waals surface area contributed by atoms with Crippen LogP contribution in [0.4, 0.5) is 13.2 Å². The van der Waals surface area contributed by atoms with Crippen molar-refractivity contribution in [3.8, 4) is 0 Å². The third kappa shape index (κ3) is 6.81. The molecule has 0 bridgehead atoms. The second kappa shape index (κ2) is 11.2. The molecule has 1 unspecified atom stereocenters. The highest BCUT2D eigenvalue weighted by Gasteiger charge is 2.38. The van der Waals surface area contributed by atoms with Crippen LogP contribution >= 0.6 is 0 Å². The third-order valence-corrected chi connectivity index (χ3v) is 5.88. The predicted molar refractivity (Wildman–Crippen MR) is 112 cm³/mol. The first-order valence-corrected chi connectivity index (χ1v) is 10.9. The summed E-state index contributed by atoms with van der Waals surface area (Å²) in [6.07, 6.45) is 0.257. The molecule has 0 spiro atoms. The monoisotopic (exact) mass is 473 g/mol. The summed E-state index contributed by atoms with van der Waals surface area (Å²) in [7, 11) is 1.78. The topological polar surface area (TPSA) is 90.0 Å². The zero-order valence-electron chi connectivity index (χ0n) is 18.8. The fourth-order valence-electron chi connectivity index (χ4n) is 4.23. The summed E-state index contributed by atoms with van der Waals surface area (Å²) in [6, 6.07) is 4.33. The molecule has 0 aromatic carbocycles. The van der Waals surface area contributed by atoms with E-state index < -0.39 is 12.1 Å². The molecule has 2 aliphatic heterocycles. The quantitative estimate of drug-likeness (QED) is 0.686. The Morgan fingerprint density at radius 2 is 2.00 bits per heavy atom. The largest absolute Gasteiger partial charge is 0.490 e. The molecule has 0 saturated carbocycles. The number of furan rings is 1. The second-order valence-corrected chi connectivity index (χ2v) is 8.30. The molecule has 4 rings (SSSR count). The van der Waals surface area contributed by atoms with Crippen LogP contribution in [0.25, 0.3) is 0 Å². The molecule has 184 valence electrons. The molecule has 2 aromatic rings. The van der Waals surface area contributed by atoms with Crippen LogP contribution in [0.1, 0.15) is 41.7 Å². The third-order valence-electron chi connectivity index (χ3n) is 5.88. The van der Waals surface area contributed by atoms with Gasteiger partial charge in [-0.3, -0.25) is 9.58 Å². The van der Waals surface area contributed by atoms with Gasteiger partial charge < -0.3 is 19.0 Å². The smallest absolute Gasteiger partial charge is 0.475 e. The zero-order valence-corrected chi connectivity index (χ0v) is 18.8. The van der Waals surface area contributed by atoms with Crippen LogP contribution < -0.4 is 0 Å². The van der Waals surface area contributed by atoms with Gasteiger partial charge in [-0.1, -0.05) is 0 Å². The maximum atomic E-state index is 10.6. The molecular formula is C22H30F3N3O5. The minimum absolute atomic E-state index is 0.219. The number of nitrogens with zero attached hydrogens (tertiary/aromatic N) is 3. The van der Waals surface area contributed by atoms with Gasteiger partial charge in [0.05, 0.1) is 31.1 Å². The molecule has 1 atom stereocenters. The van der Waals surface area contributed by atoms with E-state index in [9.17, 15) is 13.2 Å². The molecule has 8 nitrogen and oxygen atoms in total. The van der Waals surface area contributed by atoms with Crippen LogP contribution in [-0.2, 0) is 33.8 Å². The van der Waals surface area contributed by atoms with E-state index in [-0.39, 0.29) is 6.04 Å². The molecule has 11 heteroatoms. The minimum Gasteiger partial charge on any atom is -0.475 e. The van der Waals surface area contributed by atoms with Crippen molar-refractivity contribution in [2.75, 3.05) is 33.5 Å². The zero-order chi connectivity index (χ0) is 24.0. The van der Waals surface area contributed by atoms with Crippen molar-refractivity contribution < 1.29 is 37.0 Å². The van der Waals surface area contributed by atoms with Crippen LogP contribution in [0, 0.1) is 12.8 Å². The second-order valence-electron chi connectivity index (χ2n) is 8.30. The number of aryl methyl sites for hydroxylation is 1. The highest BCUT2D eigenvalue weighted by atomic mass is 19.4. The van der Waals surface area contributed by atoms with Crippen molar-refractivity contribution in [3.05, 3.63) is 41.1 Å². The lowest BCUT2D eigenvalue weighted by molar-refractivity contribution is -0.192. The Kier molecular flexibility index (Phi) is 8.55. The number of rotatable bonds is 6. The number of carbonyl (C=O) groups is 1. The lowest BCUT2D eigenvalue weighted by Crippen LogP contribution is -2.38. The van der Waals surface area contributed by atoms with Crippen molar-refractivity contribution in [1.29, 1.82) is 0 Å². The van der Waals surface area contributed by atoms with Crippen LogP contribution in [-0.4, -0.2) is 65.4 Å². The highest BCUT2D eigenvalue weighted by Crippen LogP contribution is 2.32. The maximum Gasteiger partial charge on any atom is 0.490 e. The number of halogens is 3. The van der Waals surface area contributed by atoms with Gasteiger partial charge in [-0.25, -0.2) is 4.79 Å². The van der Waals surface area contributed by atoms with E-state index in [1.165, 1.54) is 11.3 Å². The van der Waals surface area contributed by atoms with Gasteiger partial charge in [0, 0.05) is 33.4 Å². The first-order chi connectivity index (χ1) is 15.7. The van der Waals surface area contributed by atoms with Gasteiger partial charge in [0.1, 0.15) is 11.5 Å². The van der Waals surface area contributed by atoms with E-state index in [0.29, 0.717) is 12.5 Å². The van der Waals surface area contributed by atoms with Crippen molar-refractivity contribution in [2.45, 2.75) is 51.5 Å². The first kappa shape index (κ1) is 25.3. The number of aliphatic carboxylic acids is 1. The number of fused-ring (bicyclic) bond motifs is 1. The number of alkyl halides is 3.